The molecule has 0 aliphatic rings. The van der Waals surface area contributed by atoms with E-state index in [2.05, 4.69) is 6.92 Å². The van der Waals surface area contributed by atoms with Gasteiger partial charge in [0.15, 0.2) is 0 Å². The van der Waals surface area contributed by atoms with E-state index in [0.717, 1.165) is 19.3 Å². The molecule has 0 unspecified atom stereocenters. The van der Waals surface area contributed by atoms with Gasteiger partial charge in [-0.1, -0.05) is 82.2 Å². The Balaban J connectivity index is 0. The summed E-state index contributed by atoms with van der Waals surface area (Å²) in [6.45, 7) is 2.15. The number of carbonyl (C=O) groups is 2. The van der Waals surface area contributed by atoms with Crippen LogP contribution in [0.3, 0.4) is 0 Å². The van der Waals surface area contributed by atoms with Crippen LogP contribution in [0, 0.1) is 0 Å². The van der Waals surface area contributed by atoms with Gasteiger partial charge in [-0.3, -0.25) is 0 Å². The summed E-state index contributed by atoms with van der Waals surface area (Å²) in [6, 6.07) is 7.98. The SMILES string of the molecule is CCCCCCCCCC(C(=O)[O-])(C(=O)[O-])c1ccccc1.[K+].[K+]. The van der Waals surface area contributed by atoms with Gasteiger partial charge in [-0.15, -0.1) is 0 Å². The summed E-state index contributed by atoms with van der Waals surface area (Å²) in [6.07, 6.45) is 6.99. The fraction of sp³-hybridized carbons (Fsp3) is 0.556. The van der Waals surface area contributed by atoms with Crippen LogP contribution < -0.4 is 113 Å². The first-order chi connectivity index (χ1) is 10.6. The molecule has 0 N–H and O–H groups in total. The zero-order valence-electron chi connectivity index (χ0n) is 15.2. The summed E-state index contributed by atoms with van der Waals surface area (Å²) in [5.74, 6) is -3.19. The first-order valence-corrected chi connectivity index (χ1v) is 8.04. The van der Waals surface area contributed by atoms with Crippen molar-refractivity contribution < 1.29 is 123 Å². The summed E-state index contributed by atoms with van der Waals surface area (Å²) in [5.41, 5.74) is -1.83. The standard InChI is InChI=1S/C18H26O4.2K/c1-2-3-4-5-6-7-11-14-18(16(19)20,17(21)22)15-12-9-8-10-13-15;;/h8-10,12-13H,2-7,11,14H2,1H3,(H,19,20)(H,21,22);;/q;2*+1/p-2. The number of benzene rings is 1. The fourth-order valence-electron chi connectivity index (χ4n) is 2.74. The number of hydrogen-bond donors (Lipinski definition) is 0. The summed E-state index contributed by atoms with van der Waals surface area (Å²) in [5, 5.41) is 23.1. The summed E-state index contributed by atoms with van der Waals surface area (Å²) in [4.78, 5) is 23.1. The van der Waals surface area contributed by atoms with Crippen molar-refractivity contribution in [2.24, 2.45) is 0 Å². The molecular weight excluding hydrogens is 358 g/mol. The minimum atomic E-state index is -2.05. The minimum Gasteiger partial charge on any atom is -0.549 e. The molecule has 0 spiro atoms. The fourth-order valence-corrected chi connectivity index (χ4v) is 2.74. The van der Waals surface area contributed by atoms with Gasteiger partial charge in [0.25, 0.3) is 0 Å². The summed E-state index contributed by atoms with van der Waals surface area (Å²) < 4.78 is 0. The number of hydrogen-bond acceptors (Lipinski definition) is 4. The van der Waals surface area contributed by atoms with Crippen LogP contribution >= 0.6 is 0 Å². The number of aliphatic carboxylic acids is 2. The van der Waals surface area contributed by atoms with E-state index in [1.807, 2.05) is 0 Å². The van der Waals surface area contributed by atoms with Gasteiger partial charge < -0.3 is 19.8 Å². The van der Waals surface area contributed by atoms with Crippen LogP contribution in [-0.4, -0.2) is 11.9 Å². The number of carboxylic acid groups (broad SMARTS) is 2. The summed E-state index contributed by atoms with van der Waals surface area (Å²) in [7, 11) is 0. The third kappa shape index (κ3) is 8.42. The molecule has 122 valence electrons. The molecule has 4 nitrogen and oxygen atoms in total. The van der Waals surface area contributed by atoms with Gasteiger partial charge in [-0.25, -0.2) is 0 Å². The van der Waals surface area contributed by atoms with Crippen molar-refractivity contribution in [2.75, 3.05) is 0 Å². The molecule has 0 radical (unpaired) electrons. The normalized spacial score (nSPS) is 10.4. The van der Waals surface area contributed by atoms with E-state index in [1.165, 1.54) is 31.4 Å². The molecule has 0 aliphatic heterocycles. The van der Waals surface area contributed by atoms with Crippen LogP contribution in [0.1, 0.15) is 63.9 Å². The average Bonchev–Trinajstić information content (AvgIpc) is 2.50. The molecule has 6 heteroatoms. The Kier molecular flexibility index (Phi) is 17.8. The van der Waals surface area contributed by atoms with Crippen molar-refractivity contribution in [1.82, 2.24) is 0 Å². The number of unbranched alkanes of at least 4 members (excludes halogenated alkanes) is 6. The third-order valence-corrected chi connectivity index (χ3v) is 4.12. The van der Waals surface area contributed by atoms with Crippen molar-refractivity contribution in [1.29, 1.82) is 0 Å². The van der Waals surface area contributed by atoms with Gasteiger partial charge in [0.05, 0.1) is 17.4 Å². The van der Waals surface area contributed by atoms with Crippen molar-refractivity contribution in [3.05, 3.63) is 35.9 Å². The van der Waals surface area contributed by atoms with E-state index in [4.69, 9.17) is 0 Å². The van der Waals surface area contributed by atoms with Gasteiger partial charge in [0.1, 0.15) is 0 Å². The van der Waals surface area contributed by atoms with Crippen LogP contribution in [0.4, 0.5) is 0 Å². The van der Waals surface area contributed by atoms with Gasteiger partial charge in [0, 0.05) is 0 Å². The van der Waals surface area contributed by atoms with Crippen molar-refractivity contribution in [3.63, 3.8) is 0 Å². The maximum absolute atomic E-state index is 11.5. The first-order valence-electron chi connectivity index (χ1n) is 8.04. The van der Waals surface area contributed by atoms with Crippen LogP contribution in [0.2, 0.25) is 0 Å². The number of rotatable bonds is 11. The zero-order valence-corrected chi connectivity index (χ0v) is 21.4. The molecule has 0 heterocycles. The Morgan fingerprint density at radius 3 is 1.75 bits per heavy atom. The van der Waals surface area contributed by atoms with E-state index in [-0.39, 0.29) is 115 Å². The van der Waals surface area contributed by atoms with E-state index < -0.39 is 17.4 Å². The maximum atomic E-state index is 11.5. The molecule has 0 fully saturated rings. The second-order valence-corrected chi connectivity index (χ2v) is 5.72. The van der Waals surface area contributed by atoms with Crippen LogP contribution in [0.5, 0.6) is 0 Å². The second kappa shape index (κ2) is 15.5. The Bertz CT molecular complexity index is 463. The van der Waals surface area contributed by atoms with Crippen LogP contribution in [0.15, 0.2) is 30.3 Å². The predicted molar refractivity (Wildman–Crippen MR) is 80.7 cm³/mol. The van der Waals surface area contributed by atoms with Crippen LogP contribution in [0.25, 0.3) is 0 Å². The molecule has 1 rings (SSSR count). The predicted octanol–water partition coefficient (Wildman–Crippen LogP) is -4.43. The molecule has 0 bridgehead atoms. The molecule has 0 aliphatic carbocycles. The van der Waals surface area contributed by atoms with E-state index in [0.29, 0.717) is 6.42 Å². The Hall–Kier alpha value is 1.43. The van der Waals surface area contributed by atoms with Gasteiger partial charge in [0.2, 0.25) is 0 Å². The average molecular weight is 383 g/mol. The number of carboxylic acids is 2. The molecular formula is C18H24K2O4. The maximum Gasteiger partial charge on any atom is 1.00 e. The molecule has 1 aromatic rings. The van der Waals surface area contributed by atoms with Gasteiger partial charge in [-0.2, -0.15) is 0 Å². The van der Waals surface area contributed by atoms with E-state index >= 15 is 0 Å². The van der Waals surface area contributed by atoms with Crippen LogP contribution in [-0.2, 0) is 15.0 Å². The Morgan fingerprint density at radius 2 is 1.29 bits per heavy atom. The van der Waals surface area contributed by atoms with E-state index in [9.17, 15) is 19.8 Å². The van der Waals surface area contributed by atoms with Gasteiger partial charge >= 0.3 is 103 Å². The number of carbonyl (C=O) groups excluding carboxylic acids is 2. The smallest absolute Gasteiger partial charge is 0.549 e. The first kappa shape index (κ1) is 27.6. The van der Waals surface area contributed by atoms with E-state index in [1.54, 1.807) is 18.2 Å². The molecule has 0 saturated heterocycles. The molecule has 0 saturated carbocycles. The molecule has 0 atom stereocenters. The van der Waals surface area contributed by atoms with Crippen molar-refractivity contribution >= 4 is 11.9 Å². The van der Waals surface area contributed by atoms with Gasteiger partial charge in [-0.05, 0) is 12.0 Å². The monoisotopic (exact) mass is 382 g/mol. The second-order valence-electron chi connectivity index (χ2n) is 5.72. The molecule has 24 heavy (non-hydrogen) atoms. The Morgan fingerprint density at radius 1 is 0.833 bits per heavy atom. The minimum absolute atomic E-state index is 0. The molecule has 0 amide bonds. The van der Waals surface area contributed by atoms with Crippen molar-refractivity contribution in [2.45, 2.75) is 63.7 Å². The largest absolute Gasteiger partial charge is 1.00 e. The molecule has 1 aromatic carbocycles. The topological polar surface area (TPSA) is 80.3 Å². The third-order valence-electron chi connectivity index (χ3n) is 4.12. The zero-order chi connectivity index (χ0) is 16.4. The summed E-state index contributed by atoms with van der Waals surface area (Å²) >= 11 is 0. The quantitative estimate of drug-likeness (QED) is 0.220. The Labute approximate surface area is 230 Å². The molecule has 0 aromatic heterocycles. The van der Waals surface area contributed by atoms with Crippen molar-refractivity contribution in [3.8, 4) is 0 Å².